The van der Waals surface area contributed by atoms with Gasteiger partial charge in [0.1, 0.15) is 29.5 Å². The van der Waals surface area contributed by atoms with Crippen LogP contribution in [0, 0.1) is 11.3 Å². The van der Waals surface area contributed by atoms with Crippen LogP contribution in [0.1, 0.15) is 16.6 Å². The number of ether oxygens (including phenoxy) is 4. The monoisotopic (exact) mass is 407 g/mol. The van der Waals surface area contributed by atoms with Gasteiger partial charge in [-0.05, 0) is 18.2 Å². The molecule has 3 aromatic rings. The predicted octanol–water partition coefficient (Wildman–Crippen LogP) is 4.09. The highest BCUT2D eigenvalue weighted by Gasteiger charge is 2.18. The second-order valence-corrected chi connectivity index (χ2v) is 5.47. The first kappa shape index (κ1) is 15.5. The van der Waals surface area contributed by atoms with Gasteiger partial charge in [-0.2, -0.15) is 5.26 Å². The lowest BCUT2D eigenvalue weighted by Crippen LogP contribution is -2.06. The third kappa shape index (κ3) is 4.72. The molecule has 1 heterocycles. The Bertz CT molecular complexity index is 1320. The molecule has 0 radical (unpaired) electrons. The molecule has 8 heteroatoms. The van der Waals surface area contributed by atoms with E-state index in [-0.39, 0.29) is 34.4 Å². The fourth-order valence-corrected chi connectivity index (χ4v) is 2.34. The smallest absolute Gasteiger partial charge is 0.341 e. The summed E-state index contributed by atoms with van der Waals surface area (Å²) >= 11 is 0. The van der Waals surface area contributed by atoms with Crippen LogP contribution in [0.2, 0.25) is 0 Å². The molecule has 1 aromatic heterocycles. The summed E-state index contributed by atoms with van der Waals surface area (Å²) in [4.78, 5) is 20.1. The number of methoxy groups -OCH3 is 2. The Morgan fingerprint density at radius 3 is 2.50 bits per heavy atom. The predicted molar refractivity (Wildman–Crippen MR) is 107 cm³/mol. The summed E-state index contributed by atoms with van der Waals surface area (Å²) < 4.78 is 52.5. The summed E-state index contributed by atoms with van der Waals surface area (Å²) in [6, 6.07) is 7.39. The first-order valence-electron chi connectivity index (χ1n) is 10.4. The van der Waals surface area contributed by atoms with Crippen LogP contribution in [0.3, 0.4) is 0 Å². The van der Waals surface area contributed by atoms with Gasteiger partial charge in [0.2, 0.25) is 11.8 Å². The summed E-state index contributed by atoms with van der Waals surface area (Å²) in [6.45, 7) is 0. The van der Waals surface area contributed by atoms with Crippen molar-refractivity contribution < 1.29 is 29.2 Å². The third-order valence-corrected chi connectivity index (χ3v) is 3.62. The van der Waals surface area contributed by atoms with Crippen LogP contribution in [-0.4, -0.2) is 30.2 Å². The molecule has 0 N–H and O–H groups in total. The third-order valence-electron chi connectivity index (χ3n) is 3.62. The molecule has 2 aromatic carbocycles. The van der Waals surface area contributed by atoms with E-state index >= 15 is 0 Å². The Labute approximate surface area is 178 Å². The topological polar surface area (TPSA) is 104 Å². The number of carbonyl (C=O) groups is 1. The lowest BCUT2D eigenvalue weighted by Gasteiger charge is -2.12. The minimum Gasteiger partial charge on any atom is -0.503 e. The second kappa shape index (κ2) is 9.71. The van der Waals surface area contributed by atoms with E-state index < -0.39 is 30.1 Å². The van der Waals surface area contributed by atoms with Crippen LogP contribution in [-0.2, 0) is 14.3 Å². The summed E-state index contributed by atoms with van der Waals surface area (Å²) in [7, 11) is 2.62. The molecule has 0 amide bonds. The molecule has 0 saturated heterocycles. The average Bonchev–Trinajstić information content (AvgIpc) is 2.85. The normalized spacial score (nSPS) is 12.5. The first-order valence-corrected chi connectivity index (χ1v) is 8.41. The van der Waals surface area contributed by atoms with E-state index in [1.807, 2.05) is 0 Å². The van der Waals surface area contributed by atoms with Crippen molar-refractivity contribution in [1.29, 1.82) is 5.26 Å². The molecule has 0 aliphatic heterocycles. The van der Waals surface area contributed by atoms with Crippen molar-refractivity contribution >= 4 is 11.5 Å². The Morgan fingerprint density at radius 2 is 1.80 bits per heavy atom. The van der Waals surface area contributed by atoms with E-state index in [9.17, 15) is 10.1 Å². The Hall–Kier alpha value is -4.38. The Morgan fingerprint density at radius 1 is 1.10 bits per heavy atom. The van der Waals surface area contributed by atoms with E-state index in [4.69, 9.17) is 24.4 Å². The van der Waals surface area contributed by atoms with Crippen LogP contribution < -0.4 is 9.47 Å². The van der Waals surface area contributed by atoms with Crippen LogP contribution in [0.15, 0.2) is 67.1 Å². The molecule has 0 bridgehead atoms. The minimum atomic E-state index is -0.646. The number of benzene rings is 2. The van der Waals surface area contributed by atoms with Crippen molar-refractivity contribution in [2.75, 3.05) is 14.2 Å². The maximum Gasteiger partial charge on any atom is 0.341 e. The highest BCUT2D eigenvalue weighted by Crippen LogP contribution is 2.32. The Balaban J connectivity index is 1.98. The number of esters is 1. The number of para-hydroxylation sites is 2. The standard InChI is InChI=1S/C22H17N3O5/c1-27-13-17(22(26)28-2)16-8-4-6-10-19(16)30-21-11-20(24-14-25-21)29-18-9-5-3-7-15(18)12-23/h3-11,13-14H,1-2H3/b17-13-/i3D,5D,7D,9D. The van der Waals surface area contributed by atoms with Gasteiger partial charge in [0.25, 0.3) is 0 Å². The largest absolute Gasteiger partial charge is 0.503 e. The molecule has 0 unspecified atom stereocenters. The first-order chi connectivity index (χ1) is 16.3. The minimum absolute atomic E-state index is 0.00146. The summed E-state index contributed by atoms with van der Waals surface area (Å²) in [5, 5.41) is 9.37. The fraction of sp³-hybridized carbons (Fsp3) is 0.0909. The van der Waals surface area contributed by atoms with Crippen LogP contribution in [0.25, 0.3) is 5.57 Å². The van der Waals surface area contributed by atoms with E-state index in [1.54, 1.807) is 30.3 Å². The summed E-state index contributed by atoms with van der Waals surface area (Å²) in [5.41, 5.74) is 0.0937. The number of rotatable bonds is 7. The maximum atomic E-state index is 12.2. The van der Waals surface area contributed by atoms with Gasteiger partial charge in [-0.1, -0.05) is 30.3 Å². The second-order valence-electron chi connectivity index (χ2n) is 5.47. The number of hydrogen-bond acceptors (Lipinski definition) is 8. The van der Waals surface area contributed by atoms with Crippen molar-refractivity contribution in [2.24, 2.45) is 0 Å². The van der Waals surface area contributed by atoms with Crippen LogP contribution >= 0.6 is 0 Å². The van der Waals surface area contributed by atoms with Crippen molar-refractivity contribution in [3.8, 4) is 29.3 Å². The molecule has 0 atom stereocenters. The molecule has 0 spiro atoms. The van der Waals surface area contributed by atoms with E-state index in [2.05, 4.69) is 9.97 Å². The van der Waals surface area contributed by atoms with Gasteiger partial charge in [-0.15, -0.1) is 0 Å². The zero-order valence-corrected chi connectivity index (χ0v) is 15.9. The average molecular weight is 407 g/mol. The molecule has 8 nitrogen and oxygen atoms in total. The number of carbonyl (C=O) groups excluding carboxylic acids is 1. The van der Waals surface area contributed by atoms with Gasteiger partial charge >= 0.3 is 5.97 Å². The molecule has 0 saturated carbocycles. The number of hydrogen-bond donors (Lipinski definition) is 0. The van der Waals surface area contributed by atoms with Gasteiger partial charge in [0, 0.05) is 5.56 Å². The molecule has 0 aliphatic rings. The molecular formula is C22H17N3O5. The highest BCUT2D eigenvalue weighted by molar-refractivity contribution is 6.17. The van der Waals surface area contributed by atoms with Crippen LogP contribution in [0.4, 0.5) is 0 Å². The SMILES string of the molecule is [2H]c1c([2H])c([2H])c(Oc2cc(Oc3ccccc3/C(=C/OC)C(=O)OC)ncn2)c(C#N)c1[2H]. The van der Waals surface area contributed by atoms with Crippen molar-refractivity contribution in [3.63, 3.8) is 0 Å². The van der Waals surface area contributed by atoms with E-state index in [0.29, 0.717) is 5.56 Å². The van der Waals surface area contributed by atoms with Gasteiger partial charge < -0.3 is 18.9 Å². The van der Waals surface area contributed by atoms with Crippen LogP contribution in [0.5, 0.6) is 23.3 Å². The molecule has 0 fully saturated rings. The molecule has 3 rings (SSSR count). The highest BCUT2D eigenvalue weighted by atomic mass is 16.5. The van der Waals surface area contributed by atoms with E-state index in [1.165, 1.54) is 26.5 Å². The molecule has 150 valence electrons. The zero-order chi connectivity index (χ0) is 24.8. The molecule has 0 aliphatic carbocycles. The lowest BCUT2D eigenvalue weighted by molar-refractivity contribution is -0.133. The van der Waals surface area contributed by atoms with Crippen molar-refractivity contribution in [1.82, 2.24) is 9.97 Å². The fourth-order valence-electron chi connectivity index (χ4n) is 2.34. The van der Waals surface area contributed by atoms with E-state index in [0.717, 1.165) is 6.33 Å². The van der Waals surface area contributed by atoms with Gasteiger partial charge in [-0.25, -0.2) is 14.8 Å². The maximum absolute atomic E-state index is 12.2. The summed E-state index contributed by atoms with van der Waals surface area (Å²) in [5.74, 6) is -0.926. The quantitative estimate of drug-likeness (QED) is 0.328. The zero-order valence-electron chi connectivity index (χ0n) is 19.9. The number of nitrogens with zero attached hydrogens (tertiary/aromatic N) is 3. The van der Waals surface area contributed by atoms with Gasteiger partial charge in [0.15, 0.2) is 0 Å². The number of nitriles is 1. The lowest BCUT2D eigenvalue weighted by atomic mass is 10.1. The van der Waals surface area contributed by atoms with Gasteiger partial charge in [-0.3, -0.25) is 0 Å². The summed E-state index contributed by atoms with van der Waals surface area (Å²) in [6.07, 6.45) is 2.33. The van der Waals surface area contributed by atoms with Crippen molar-refractivity contribution in [2.45, 2.75) is 0 Å². The van der Waals surface area contributed by atoms with Gasteiger partial charge in [0.05, 0.1) is 37.6 Å². The Kier molecular flexibility index (Phi) is 5.02. The molecular weight excluding hydrogens is 386 g/mol. The molecule has 30 heavy (non-hydrogen) atoms. The number of aromatic nitrogens is 2. The van der Waals surface area contributed by atoms with Crippen molar-refractivity contribution in [3.05, 3.63) is 78.2 Å².